The number of Topliss-reactive ketones (excluding diaryl/α,β-unsaturated/α-hetero) is 1. The van der Waals surface area contributed by atoms with E-state index in [1.54, 1.807) is 10.8 Å². The molecule has 26 heavy (non-hydrogen) atoms. The number of rotatable bonds is 20. The van der Waals surface area contributed by atoms with E-state index in [1.165, 1.54) is 0 Å². The molecule has 0 aliphatic heterocycles. The maximum atomic E-state index is 11.7. The highest BCUT2D eigenvalue weighted by atomic mass is 33.1. The number of ketones is 1. The Morgan fingerprint density at radius 3 is 2.69 bits per heavy atom. The Hall–Kier alpha value is -0.0500. The third-order valence-electron chi connectivity index (χ3n) is 3.31. The van der Waals surface area contributed by atoms with Crippen LogP contribution >= 0.6 is 21.6 Å². The number of carbonyl (C=O) groups is 1. The fourth-order valence-corrected chi connectivity index (χ4v) is 3.53. The van der Waals surface area contributed by atoms with Crippen molar-refractivity contribution in [3.8, 4) is 0 Å². The zero-order chi connectivity index (χ0) is 19.3. The van der Waals surface area contributed by atoms with Gasteiger partial charge in [0, 0.05) is 37.9 Å². The Morgan fingerprint density at radius 1 is 1.08 bits per heavy atom. The second kappa shape index (κ2) is 21.3. The van der Waals surface area contributed by atoms with Gasteiger partial charge < -0.3 is 20.1 Å². The summed E-state index contributed by atoms with van der Waals surface area (Å²) < 4.78 is 11.0. The minimum absolute atomic E-state index is 0.262. The molecule has 0 spiro atoms. The minimum Gasteiger partial charge on any atom is -0.376 e. The zero-order valence-electron chi connectivity index (χ0n) is 16.8. The largest absolute Gasteiger partial charge is 0.376 e. The summed E-state index contributed by atoms with van der Waals surface area (Å²) in [4.78, 5) is 11.7. The molecule has 0 fully saturated rings. The monoisotopic (exact) mass is 406 g/mol. The molecule has 0 aromatic heterocycles. The molecule has 0 atom stereocenters. The van der Waals surface area contributed by atoms with Gasteiger partial charge in [0.2, 0.25) is 0 Å². The highest BCUT2D eigenvalue weighted by Crippen LogP contribution is 2.20. The van der Waals surface area contributed by atoms with Crippen LogP contribution in [0.1, 0.15) is 46.5 Å². The third kappa shape index (κ3) is 22.0. The minimum atomic E-state index is 0.262. The van der Waals surface area contributed by atoms with Crippen LogP contribution in [0.3, 0.4) is 0 Å². The molecule has 0 rings (SSSR count). The number of hydrogen-bond donors (Lipinski definition) is 2. The molecular formula is C19H38N2O3S2. The van der Waals surface area contributed by atoms with Crippen molar-refractivity contribution in [2.45, 2.75) is 52.5 Å². The molecule has 2 N–H and O–H groups in total. The molecule has 0 aliphatic carbocycles. The summed E-state index contributed by atoms with van der Waals surface area (Å²) in [5.41, 5.74) is 0. The van der Waals surface area contributed by atoms with Crippen LogP contribution in [0.15, 0.2) is 12.2 Å². The lowest BCUT2D eigenvalue weighted by molar-refractivity contribution is -0.118. The number of unbranched alkanes of at least 4 members (excludes halogenated alkanes) is 1. The Balaban J connectivity index is 3.18. The molecule has 0 radical (unpaired) electrons. The standard InChI is InChI=1S/C19H38N2O3S2/c1-4-5-7-12-23-14-10-20-16-19(22)9-6-8-13-24-17-26-25-15-11-21-18(2)3/h5,7,18,20-21H,4,6,8-17H2,1-3H3/b7-5+. The first-order chi connectivity index (χ1) is 12.7. The first-order valence-electron chi connectivity index (χ1n) is 9.67. The van der Waals surface area contributed by atoms with Gasteiger partial charge in [-0.2, -0.15) is 0 Å². The lowest BCUT2D eigenvalue weighted by atomic mass is 10.2. The van der Waals surface area contributed by atoms with Gasteiger partial charge in [-0.15, -0.1) is 0 Å². The highest BCUT2D eigenvalue weighted by Gasteiger charge is 2.01. The Morgan fingerprint density at radius 2 is 1.92 bits per heavy atom. The molecule has 0 heterocycles. The molecule has 0 unspecified atom stereocenters. The van der Waals surface area contributed by atoms with E-state index >= 15 is 0 Å². The van der Waals surface area contributed by atoms with Crippen molar-refractivity contribution in [2.75, 3.05) is 51.1 Å². The van der Waals surface area contributed by atoms with Gasteiger partial charge in [-0.05, 0) is 19.3 Å². The molecular weight excluding hydrogens is 368 g/mol. The van der Waals surface area contributed by atoms with Crippen LogP contribution in [-0.4, -0.2) is 63.0 Å². The number of hydrogen-bond acceptors (Lipinski definition) is 7. The third-order valence-corrected chi connectivity index (χ3v) is 5.40. The van der Waals surface area contributed by atoms with Crippen LogP contribution in [0, 0.1) is 0 Å². The average Bonchev–Trinajstić information content (AvgIpc) is 2.61. The van der Waals surface area contributed by atoms with Gasteiger partial charge in [-0.1, -0.05) is 54.5 Å². The normalized spacial score (nSPS) is 11.7. The molecule has 154 valence electrons. The van der Waals surface area contributed by atoms with Gasteiger partial charge in [-0.25, -0.2) is 0 Å². The predicted octanol–water partition coefficient (Wildman–Crippen LogP) is 3.65. The second-order valence-corrected chi connectivity index (χ2v) is 8.73. The zero-order valence-corrected chi connectivity index (χ0v) is 18.4. The number of nitrogens with one attached hydrogen (secondary N) is 2. The topological polar surface area (TPSA) is 59.6 Å². The number of allylic oxidation sites excluding steroid dienone is 1. The van der Waals surface area contributed by atoms with Crippen molar-refractivity contribution < 1.29 is 14.3 Å². The van der Waals surface area contributed by atoms with E-state index in [2.05, 4.69) is 37.5 Å². The molecule has 0 bridgehead atoms. The van der Waals surface area contributed by atoms with E-state index in [0.717, 1.165) is 50.7 Å². The average molecular weight is 407 g/mol. The van der Waals surface area contributed by atoms with Crippen molar-refractivity contribution >= 4 is 27.4 Å². The molecule has 0 amide bonds. The van der Waals surface area contributed by atoms with E-state index in [-0.39, 0.29) is 5.78 Å². The van der Waals surface area contributed by atoms with Crippen LogP contribution < -0.4 is 10.6 Å². The van der Waals surface area contributed by atoms with Gasteiger partial charge >= 0.3 is 0 Å². The highest BCUT2D eigenvalue weighted by molar-refractivity contribution is 8.76. The molecule has 0 aromatic rings. The van der Waals surface area contributed by atoms with E-state index in [1.807, 2.05) is 16.9 Å². The Bertz CT molecular complexity index is 343. The fourth-order valence-electron chi connectivity index (χ4n) is 1.95. The van der Waals surface area contributed by atoms with Gasteiger partial charge in [0.05, 0.1) is 19.8 Å². The maximum absolute atomic E-state index is 11.7. The van der Waals surface area contributed by atoms with Crippen molar-refractivity contribution in [1.29, 1.82) is 0 Å². The van der Waals surface area contributed by atoms with Gasteiger partial charge in [0.15, 0.2) is 0 Å². The van der Waals surface area contributed by atoms with Crippen molar-refractivity contribution in [3.05, 3.63) is 12.2 Å². The summed E-state index contributed by atoms with van der Waals surface area (Å²) in [5.74, 6) is 2.07. The molecule has 5 nitrogen and oxygen atoms in total. The Kier molecular flexibility index (Phi) is 21.2. The lowest BCUT2D eigenvalue weighted by Gasteiger charge is -2.07. The van der Waals surface area contributed by atoms with Gasteiger partial charge in [0.25, 0.3) is 0 Å². The van der Waals surface area contributed by atoms with Gasteiger partial charge in [0.1, 0.15) is 11.7 Å². The number of carbonyl (C=O) groups excluding carboxylic acids is 1. The lowest BCUT2D eigenvalue weighted by Crippen LogP contribution is -2.26. The summed E-state index contributed by atoms with van der Waals surface area (Å²) in [6.07, 6.45) is 7.61. The van der Waals surface area contributed by atoms with E-state index in [4.69, 9.17) is 9.47 Å². The maximum Gasteiger partial charge on any atom is 0.146 e. The molecule has 0 aromatic carbocycles. The summed E-state index contributed by atoms with van der Waals surface area (Å²) in [5, 5.41) is 6.51. The van der Waals surface area contributed by atoms with Crippen molar-refractivity contribution in [3.63, 3.8) is 0 Å². The molecule has 0 aliphatic rings. The smallest absolute Gasteiger partial charge is 0.146 e. The van der Waals surface area contributed by atoms with Crippen molar-refractivity contribution in [1.82, 2.24) is 10.6 Å². The quantitative estimate of drug-likeness (QED) is 0.138. The molecule has 0 saturated heterocycles. The van der Waals surface area contributed by atoms with Gasteiger partial charge in [-0.3, -0.25) is 4.79 Å². The predicted molar refractivity (Wildman–Crippen MR) is 116 cm³/mol. The first-order valence-corrected chi connectivity index (χ1v) is 12.2. The van der Waals surface area contributed by atoms with E-state index in [0.29, 0.717) is 32.2 Å². The molecule has 0 saturated carbocycles. The summed E-state index contributed by atoms with van der Waals surface area (Å²) >= 11 is 0. The number of ether oxygens (including phenoxy) is 2. The van der Waals surface area contributed by atoms with E-state index < -0.39 is 0 Å². The fraction of sp³-hybridized carbons (Fsp3) is 0.842. The molecule has 7 heteroatoms. The second-order valence-electron chi connectivity index (χ2n) is 6.20. The van der Waals surface area contributed by atoms with Crippen LogP contribution in [0.5, 0.6) is 0 Å². The summed E-state index contributed by atoms with van der Waals surface area (Å²) in [6, 6.07) is 0.552. The SMILES string of the molecule is CC/C=C/COCCNCC(=O)CCCCOCSSCCNC(C)C. The van der Waals surface area contributed by atoms with E-state index in [9.17, 15) is 4.79 Å². The first kappa shape index (κ1) is 26.0. The Labute approximate surface area is 168 Å². The van der Waals surface area contributed by atoms with Crippen LogP contribution in [0.25, 0.3) is 0 Å². The van der Waals surface area contributed by atoms with Crippen molar-refractivity contribution in [2.24, 2.45) is 0 Å². The summed E-state index contributed by atoms with van der Waals surface area (Å²) in [6.45, 7) is 10.6. The van der Waals surface area contributed by atoms with Crippen LogP contribution in [-0.2, 0) is 14.3 Å². The van der Waals surface area contributed by atoms with Crippen LogP contribution in [0.4, 0.5) is 0 Å². The van der Waals surface area contributed by atoms with Crippen LogP contribution in [0.2, 0.25) is 0 Å². The summed E-state index contributed by atoms with van der Waals surface area (Å²) in [7, 11) is 3.59.